The van der Waals surface area contributed by atoms with Crippen LogP contribution in [0.1, 0.15) is 16.8 Å². The highest BCUT2D eigenvalue weighted by Crippen LogP contribution is 2.40. The molecule has 0 aliphatic heterocycles. The van der Waals surface area contributed by atoms with Crippen LogP contribution in [0.4, 0.5) is 18.9 Å². The largest absolute Gasteiger partial charge is 0.433 e. The Kier molecular flexibility index (Phi) is 3.53. The van der Waals surface area contributed by atoms with E-state index in [9.17, 15) is 13.2 Å². The smallest absolute Gasteiger partial charge is 0.398 e. The molecule has 2 nitrogen and oxygen atoms in total. The van der Waals surface area contributed by atoms with E-state index in [2.05, 4.69) is 4.98 Å². The average Bonchev–Trinajstić information content (AvgIpc) is 2.61. The number of pyridine rings is 1. The van der Waals surface area contributed by atoms with E-state index in [1.54, 1.807) is 0 Å². The molecule has 1 aliphatic rings. The molecule has 0 saturated heterocycles. The molecule has 4 rings (SSSR count). The maximum atomic E-state index is 13.1. The molecule has 1 aliphatic carbocycles. The van der Waals surface area contributed by atoms with Gasteiger partial charge in [-0.3, -0.25) is 0 Å². The van der Waals surface area contributed by atoms with Crippen LogP contribution in [0.3, 0.4) is 0 Å². The van der Waals surface area contributed by atoms with Gasteiger partial charge in [0.15, 0.2) is 0 Å². The molecule has 0 fully saturated rings. The minimum atomic E-state index is -4.52. The fourth-order valence-corrected chi connectivity index (χ4v) is 3.31. The lowest BCUT2D eigenvalue weighted by Gasteiger charge is -2.22. The number of alkyl halides is 3. The molecule has 0 radical (unpaired) electrons. The first kappa shape index (κ1) is 15.7. The zero-order valence-electron chi connectivity index (χ0n) is 13.3. The zero-order valence-corrected chi connectivity index (χ0v) is 13.3. The van der Waals surface area contributed by atoms with Crippen LogP contribution in [-0.4, -0.2) is 4.98 Å². The Bertz CT molecular complexity index is 947. The normalized spacial score (nSPS) is 13.2. The summed E-state index contributed by atoms with van der Waals surface area (Å²) in [4.78, 5) is 3.92. The molecule has 0 amide bonds. The van der Waals surface area contributed by atoms with Crippen LogP contribution >= 0.6 is 0 Å². The topological polar surface area (TPSA) is 38.9 Å². The summed E-state index contributed by atoms with van der Waals surface area (Å²) >= 11 is 0. The van der Waals surface area contributed by atoms with Gasteiger partial charge in [-0.25, -0.2) is 4.98 Å². The van der Waals surface area contributed by atoms with Gasteiger partial charge in [-0.15, -0.1) is 0 Å². The number of halogens is 3. The third-order valence-corrected chi connectivity index (χ3v) is 4.57. The van der Waals surface area contributed by atoms with Crippen molar-refractivity contribution in [1.29, 1.82) is 0 Å². The molecule has 0 unspecified atom stereocenters. The minimum Gasteiger partial charge on any atom is -0.398 e. The summed E-state index contributed by atoms with van der Waals surface area (Å²) in [6.45, 7) is 0. The second kappa shape index (κ2) is 5.62. The molecule has 5 heteroatoms. The van der Waals surface area contributed by atoms with Gasteiger partial charge >= 0.3 is 6.18 Å². The fraction of sp³-hybridized carbons (Fsp3) is 0.150. The van der Waals surface area contributed by atoms with E-state index >= 15 is 0 Å². The number of benzene rings is 2. The van der Waals surface area contributed by atoms with Gasteiger partial charge in [0.25, 0.3) is 0 Å². The summed E-state index contributed by atoms with van der Waals surface area (Å²) < 4.78 is 39.4. The van der Waals surface area contributed by atoms with Crippen molar-refractivity contribution in [3.63, 3.8) is 0 Å². The Balaban J connectivity index is 1.92. The van der Waals surface area contributed by atoms with E-state index in [1.165, 1.54) is 0 Å². The Morgan fingerprint density at radius 2 is 1.64 bits per heavy atom. The lowest BCUT2D eigenvalue weighted by Crippen LogP contribution is -2.15. The van der Waals surface area contributed by atoms with E-state index < -0.39 is 11.9 Å². The maximum absolute atomic E-state index is 13.1. The first-order valence-corrected chi connectivity index (χ1v) is 7.99. The molecule has 2 N–H and O–H groups in total. The standard InChI is InChI=1S/C20H15F3N2/c21-20(22,23)18-11-17(24)15-9-8-13-6-7-14(10-16(13)19(15)25-18)12-4-2-1-3-5-12/h1-7,10-11H,8-9H2,(H2,24,25). The number of nitrogens with zero attached hydrogens (tertiary/aromatic N) is 1. The molecule has 25 heavy (non-hydrogen) atoms. The van der Waals surface area contributed by atoms with E-state index in [-0.39, 0.29) is 5.69 Å². The van der Waals surface area contributed by atoms with Crippen molar-refractivity contribution >= 4 is 5.69 Å². The van der Waals surface area contributed by atoms with Gasteiger partial charge in [-0.2, -0.15) is 13.2 Å². The second-order valence-electron chi connectivity index (χ2n) is 6.16. The Labute approximate surface area is 143 Å². The first-order chi connectivity index (χ1) is 11.9. The second-order valence-corrected chi connectivity index (χ2v) is 6.16. The van der Waals surface area contributed by atoms with Crippen LogP contribution in [0, 0.1) is 0 Å². The molecule has 126 valence electrons. The lowest BCUT2D eigenvalue weighted by atomic mass is 9.86. The van der Waals surface area contributed by atoms with Crippen molar-refractivity contribution in [2.75, 3.05) is 5.73 Å². The molecular formula is C20H15F3N2. The van der Waals surface area contributed by atoms with Crippen molar-refractivity contribution in [2.24, 2.45) is 0 Å². The van der Waals surface area contributed by atoms with E-state index in [0.717, 1.165) is 34.7 Å². The van der Waals surface area contributed by atoms with Crippen LogP contribution in [0.2, 0.25) is 0 Å². The summed E-state index contributed by atoms with van der Waals surface area (Å²) in [6.07, 6.45) is -3.17. The van der Waals surface area contributed by atoms with E-state index in [0.29, 0.717) is 17.7 Å². The summed E-state index contributed by atoms with van der Waals surface area (Å²) in [5.41, 5.74) is 9.87. The van der Waals surface area contributed by atoms with Gasteiger partial charge in [-0.05, 0) is 41.7 Å². The molecular weight excluding hydrogens is 325 g/mol. The van der Waals surface area contributed by atoms with Crippen molar-refractivity contribution in [1.82, 2.24) is 4.98 Å². The molecule has 1 heterocycles. The van der Waals surface area contributed by atoms with Crippen molar-refractivity contribution < 1.29 is 13.2 Å². The van der Waals surface area contributed by atoms with E-state index in [1.807, 2.05) is 48.5 Å². The molecule has 0 saturated carbocycles. The number of aryl methyl sites for hydroxylation is 1. The Morgan fingerprint density at radius 3 is 2.36 bits per heavy atom. The highest BCUT2D eigenvalue weighted by atomic mass is 19.4. The monoisotopic (exact) mass is 340 g/mol. The number of aromatic nitrogens is 1. The number of hydrogen-bond donors (Lipinski definition) is 1. The molecule has 2 aromatic carbocycles. The quantitative estimate of drug-likeness (QED) is 0.668. The first-order valence-electron chi connectivity index (χ1n) is 7.99. The van der Waals surface area contributed by atoms with Crippen molar-refractivity contribution in [3.05, 3.63) is 71.4 Å². The third-order valence-electron chi connectivity index (χ3n) is 4.57. The van der Waals surface area contributed by atoms with Crippen LogP contribution in [0.15, 0.2) is 54.6 Å². The van der Waals surface area contributed by atoms with Crippen LogP contribution in [-0.2, 0) is 19.0 Å². The summed E-state index contributed by atoms with van der Waals surface area (Å²) in [5, 5.41) is 0. The maximum Gasteiger partial charge on any atom is 0.433 e. The predicted octanol–water partition coefficient (Wildman–Crippen LogP) is 5.12. The fourth-order valence-electron chi connectivity index (χ4n) is 3.31. The third kappa shape index (κ3) is 2.76. The molecule has 3 aromatic rings. The van der Waals surface area contributed by atoms with Gasteiger partial charge in [0.2, 0.25) is 0 Å². The number of rotatable bonds is 1. The molecule has 0 atom stereocenters. The van der Waals surface area contributed by atoms with Gasteiger partial charge < -0.3 is 5.73 Å². The number of nitrogen functional groups attached to an aromatic ring is 1. The average molecular weight is 340 g/mol. The number of nitrogens with two attached hydrogens (primary N) is 1. The Hall–Kier alpha value is -2.82. The lowest BCUT2D eigenvalue weighted by molar-refractivity contribution is -0.141. The molecule has 0 bridgehead atoms. The highest BCUT2D eigenvalue weighted by Gasteiger charge is 2.35. The zero-order chi connectivity index (χ0) is 17.6. The van der Waals surface area contributed by atoms with Gasteiger partial charge in [0.1, 0.15) is 5.69 Å². The molecule has 1 aromatic heterocycles. The van der Waals surface area contributed by atoms with Crippen molar-refractivity contribution in [2.45, 2.75) is 19.0 Å². The van der Waals surface area contributed by atoms with Crippen molar-refractivity contribution in [3.8, 4) is 22.4 Å². The number of fused-ring (bicyclic) bond motifs is 3. The van der Waals surface area contributed by atoms with Crippen LogP contribution < -0.4 is 5.73 Å². The van der Waals surface area contributed by atoms with Gasteiger partial charge in [0.05, 0.1) is 5.69 Å². The van der Waals surface area contributed by atoms with Crippen LogP contribution in [0.5, 0.6) is 0 Å². The Morgan fingerprint density at radius 1 is 0.880 bits per heavy atom. The predicted molar refractivity (Wildman–Crippen MR) is 91.9 cm³/mol. The van der Waals surface area contributed by atoms with Gasteiger partial charge in [0, 0.05) is 16.8 Å². The summed E-state index contributed by atoms with van der Waals surface area (Å²) in [5.74, 6) is 0. The van der Waals surface area contributed by atoms with Gasteiger partial charge in [-0.1, -0.05) is 42.5 Å². The number of anilines is 1. The molecule has 0 spiro atoms. The van der Waals surface area contributed by atoms with Crippen LogP contribution in [0.25, 0.3) is 22.4 Å². The SMILES string of the molecule is Nc1cc(C(F)(F)F)nc2c1CCc1ccc(-c3ccccc3)cc1-2. The minimum absolute atomic E-state index is 0.160. The summed E-state index contributed by atoms with van der Waals surface area (Å²) in [6, 6.07) is 16.5. The summed E-state index contributed by atoms with van der Waals surface area (Å²) in [7, 11) is 0. The van der Waals surface area contributed by atoms with E-state index in [4.69, 9.17) is 5.73 Å². The highest BCUT2D eigenvalue weighted by molar-refractivity contribution is 5.79. The number of hydrogen-bond acceptors (Lipinski definition) is 2.